The van der Waals surface area contributed by atoms with E-state index in [1.807, 2.05) is 30.5 Å². The highest BCUT2D eigenvalue weighted by Crippen LogP contribution is 2.36. The predicted octanol–water partition coefficient (Wildman–Crippen LogP) is 5.48. The zero-order valence-electron chi connectivity index (χ0n) is 18.7. The van der Waals surface area contributed by atoms with Gasteiger partial charge in [-0.2, -0.15) is 9.78 Å². The fraction of sp³-hybridized carbons (Fsp3) is 0.208. The molecule has 174 valence electrons. The predicted molar refractivity (Wildman–Crippen MR) is 130 cm³/mol. The number of halogens is 1. The number of aryl methyl sites for hydroxylation is 1. The van der Waals surface area contributed by atoms with Crippen LogP contribution in [0.4, 0.5) is 5.82 Å². The highest BCUT2D eigenvalue weighted by atomic mass is 35.5. The van der Waals surface area contributed by atoms with Gasteiger partial charge in [0.2, 0.25) is 11.9 Å². The van der Waals surface area contributed by atoms with Crippen molar-refractivity contribution in [2.24, 2.45) is 0 Å². The lowest BCUT2D eigenvalue weighted by atomic mass is 10.1. The first-order valence-electron chi connectivity index (χ1n) is 10.5. The van der Waals surface area contributed by atoms with Crippen LogP contribution in [-0.4, -0.2) is 33.1 Å². The topological polar surface area (TPSA) is 87.5 Å². The minimum atomic E-state index is -1.14. The molecule has 1 N–H and O–H groups in total. The normalized spacial score (nSPS) is 12.6. The standard InChI is InChI=1S/C24H21ClN4O4S/c1-14-10-21(27-22(30)24(2,3)33-17-7-5-16(25)6-8-17)29(28-14)23-26-18(12-34-23)15-4-9-19-20(11-15)32-13-31-19/h4-12H,13H2,1-3H3,(H,27,30). The lowest BCUT2D eigenvalue weighted by Gasteiger charge is -2.25. The minimum absolute atomic E-state index is 0.217. The molecule has 1 aliphatic heterocycles. The van der Waals surface area contributed by atoms with E-state index in [4.69, 9.17) is 30.8 Å². The van der Waals surface area contributed by atoms with Crippen LogP contribution in [0.15, 0.2) is 53.9 Å². The van der Waals surface area contributed by atoms with Crippen molar-refractivity contribution in [3.63, 3.8) is 0 Å². The van der Waals surface area contributed by atoms with E-state index in [9.17, 15) is 4.79 Å². The van der Waals surface area contributed by atoms with Crippen LogP contribution in [0.25, 0.3) is 16.4 Å². The molecule has 0 bridgehead atoms. The number of thiazole rings is 1. The fourth-order valence-electron chi connectivity index (χ4n) is 3.39. The maximum absolute atomic E-state index is 13.1. The number of nitrogens with one attached hydrogen (secondary N) is 1. The summed E-state index contributed by atoms with van der Waals surface area (Å²) in [5.74, 6) is 2.13. The van der Waals surface area contributed by atoms with Gasteiger partial charge in [-0.05, 0) is 63.2 Å². The lowest BCUT2D eigenvalue weighted by Crippen LogP contribution is -2.42. The number of carbonyl (C=O) groups excluding carboxylic acids is 1. The van der Waals surface area contributed by atoms with Crippen LogP contribution in [0.2, 0.25) is 5.02 Å². The van der Waals surface area contributed by atoms with E-state index in [0.717, 1.165) is 22.7 Å². The molecular formula is C24H21ClN4O4S. The van der Waals surface area contributed by atoms with Gasteiger partial charge in [0.15, 0.2) is 17.1 Å². The van der Waals surface area contributed by atoms with Crippen molar-refractivity contribution < 1.29 is 19.0 Å². The number of hydrogen-bond donors (Lipinski definition) is 1. The number of anilines is 1. The van der Waals surface area contributed by atoms with Gasteiger partial charge in [0.05, 0.1) is 11.4 Å². The van der Waals surface area contributed by atoms with Crippen molar-refractivity contribution in [3.05, 3.63) is 64.6 Å². The number of benzene rings is 2. The summed E-state index contributed by atoms with van der Waals surface area (Å²) in [6.45, 7) is 5.47. The molecule has 8 nitrogen and oxygen atoms in total. The summed E-state index contributed by atoms with van der Waals surface area (Å²) in [4.78, 5) is 17.8. The molecule has 5 rings (SSSR count). The molecule has 0 radical (unpaired) electrons. The summed E-state index contributed by atoms with van der Waals surface area (Å²) in [7, 11) is 0. The zero-order chi connectivity index (χ0) is 23.9. The highest BCUT2D eigenvalue weighted by Gasteiger charge is 2.31. The Labute approximate surface area is 205 Å². The molecule has 3 heterocycles. The third kappa shape index (κ3) is 4.44. The first-order chi connectivity index (χ1) is 16.3. The van der Waals surface area contributed by atoms with Gasteiger partial charge in [0.1, 0.15) is 11.6 Å². The Morgan fingerprint density at radius 3 is 2.71 bits per heavy atom. The van der Waals surface area contributed by atoms with Gasteiger partial charge in [-0.15, -0.1) is 11.3 Å². The van der Waals surface area contributed by atoms with Crippen molar-refractivity contribution in [1.29, 1.82) is 0 Å². The van der Waals surface area contributed by atoms with Gasteiger partial charge in [0.25, 0.3) is 5.91 Å². The third-order valence-electron chi connectivity index (χ3n) is 5.15. The molecule has 0 unspecified atom stereocenters. The van der Waals surface area contributed by atoms with Crippen molar-refractivity contribution in [2.45, 2.75) is 26.4 Å². The molecule has 1 aliphatic rings. The number of aromatic nitrogens is 3. The lowest BCUT2D eigenvalue weighted by molar-refractivity contribution is -0.128. The summed E-state index contributed by atoms with van der Waals surface area (Å²) in [6.07, 6.45) is 0. The summed E-state index contributed by atoms with van der Waals surface area (Å²) in [5.41, 5.74) is 1.28. The molecule has 0 fully saturated rings. The van der Waals surface area contributed by atoms with Crippen LogP contribution >= 0.6 is 22.9 Å². The summed E-state index contributed by atoms with van der Waals surface area (Å²) < 4.78 is 18.4. The van der Waals surface area contributed by atoms with E-state index in [0.29, 0.717) is 27.5 Å². The summed E-state index contributed by atoms with van der Waals surface area (Å²) >= 11 is 7.35. The Kier molecular flexibility index (Phi) is 5.66. The molecule has 4 aromatic rings. The molecule has 10 heteroatoms. The Balaban J connectivity index is 1.36. The molecule has 1 amide bonds. The quantitative estimate of drug-likeness (QED) is 0.380. The van der Waals surface area contributed by atoms with Gasteiger partial charge in [-0.25, -0.2) is 4.98 Å². The molecule has 34 heavy (non-hydrogen) atoms. The second-order valence-electron chi connectivity index (χ2n) is 8.19. The SMILES string of the molecule is Cc1cc(NC(=O)C(C)(C)Oc2ccc(Cl)cc2)n(-c2nc(-c3ccc4c(c3)OCO4)cs2)n1. The Hall–Kier alpha value is -3.56. The van der Waals surface area contributed by atoms with Gasteiger partial charge in [-0.3, -0.25) is 4.79 Å². The van der Waals surface area contributed by atoms with Gasteiger partial charge in [-0.1, -0.05) is 11.6 Å². The van der Waals surface area contributed by atoms with Crippen molar-refractivity contribution >= 4 is 34.7 Å². The number of amides is 1. The number of ether oxygens (including phenoxy) is 3. The molecular weight excluding hydrogens is 476 g/mol. The smallest absolute Gasteiger partial charge is 0.269 e. The van der Waals surface area contributed by atoms with Crippen molar-refractivity contribution in [1.82, 2.24) is 14.8 Å². The third-order valence-corrected chi connectivity index (χ3v) is 6.22. The monoisotopic (exact) mass is 496 g/mol. The number of hydrogen-bond acceptors (Lipinski definition) is 7. The number of rotatable bonds is 6. The van der Waals surface area contributed by atoms with E-state index in [1.165, 1.54) is 11.3 Å². The Bertz CT molecular complexity index is 1360. The fourth-order valence-corrected chi connectivity index (χ4v) is 4.32. The van der Waals surface area contributed by atoms with Crippen LogP contribution < -0.4 is 19.5 Å². The van der Waals surface area contributed by atoms with Crippen molar-refractivity contribution in [3.8, 4) is 33.6 Å². The molecule has 2 aromatic heterocycles. The number of carbonyl (C=O) groups is 1. The average molecular weight is 497 g/mol. The van der Waals surface area contributed by atoms with Crippen LogP contribution in [0.5, 0.6) is 17.2 Å². The maximum atomic E-state index is 13.1. The zero-order valence-corrected chi connectivity index (χ0v) is 20.2. The summed E-state index contributed by atoms with van der Waals surface area (Å²) in [6, 6.07) is 14.3. The Morgan fingerprint density at radius 1 is 1.15 bits per heavy atom. The van der Waals surface area contributed by atoms with Gasteiger partial charge < -0.3 is 19.5 Å². The average Bonchev–Trinajstić information content (AvgIpc) is 3.54. The van der Waals surface area contributed by atoms with Gasteiger partial charge >= 0.3 is 0 Å². The minimum Gasteiger partial charge on any atom is -0.478 e. The maximum Gasteiger partial charge on any atom is 0.269 e. The van der Waals surface area contributed by atoms with Gasteiger partial charge in [0, 0.05) is 22.0 Å². The largest absolute Gasteiger partial charge is 0.478 e. The number of fused-ring (bicyclic) bond motifs is 1. The molecule has 0 aliphatic carbocycles. The van der Waals surface area contributed by atoms with E-state index in [2.05, 4.69) is 10.4 Å². The van der Waals surface area contributed by atoms with Crippen LogP contribution in [0, 0.1) is 6.92 Å². The van der Waals surface area contributed by atoms with Crippen molar-refractivity contribution in [2.75, 3.05) is 12.1 Å². The molecule has 0 atom stereocenters. The summed E-state index contributed by atoms with van der Waals surface area (Å²) in [5, 5.41) is 10.6. The van der Waals surface area contributed by atoms with E-state index < -0.39 is 5.60 Å². The van der Waals surface area contributed by atoms with E-state index >= 15 is 0 Å². The highest BCUT2D eigenvalue weighted by molar-refractivity contribution is 7.12. The molecule has 0 saturated carbocycles. The number of nitrogens with zero attached hydrogens (tertiary/aromatic N) is 3. The van der Waals surface area contributed by atoms with Crippen LogP contribution in [0.1, 0.15) is 19.5 Å². The molecule has 0 saturated heterocycles. The van der Waals surface area contributed by atoms with E-state index in [-0.39, 0.29) is 12.7 Å². The first kappa shape index (κ1) is 22.2. The second kappa shape index (κ2) is 8.66. The van der Waals surface area contributed by atoms with Crippen LogP contribution in [0.3, 0.4) is 0 Å². The van der Waals surface area contributed by atoms with Crippen LogP contribution in [-0.2, 0) is 4.79 Å². The first-order valence-corrected chi connectivity index (χ1v) is 11.7. The van der Waals surface area contributed by atoms with E-state index in [1.54, 1.807) is 48.9 Å². The Morgan fingerprint density at radius 2 is 1.91 bits per heavy atom. The molecule has 0 spiro atoms. The second-order valence-corrected chi connectivity index (χ2v) is 9.46. The molecule has 2 aromatic carbocycles.